The van der Waals surface area contributed by atoms with Gasteiger partial charge in [0.25, 0.3) is 11.8 Å². The number of amides is 1. The van der Waals surface area contributed by atoms with Crippen molar-refractivity contribution in [2.75, 3.05) is 19.5 Å². The van der Waals surface area contributed by atoms with Crippen LogP contribution in [0.5, 0.6) is 11.6 Å². The summed E-state index contributed by atoms with van der Waals surface area (Å²) in [6.07, 6.45) is 0.317. The molecule has 12 heteroatoms. The maximum Gasteiger partial charge on any atom is 0.315 e. The van der Waals surface area contributed by atoms with E-state index in [9.17, 15) is 13.6 Å². The van der Waals surface area contributed by atoms with Gasteiger partial charge in [-0.1, -0.05) is 6.07 Å². The van der Waals surface area contributed by atoms with Gasteiger partial charge in [0.2, 0.25) is 0 Å². The minimum atomic E-state index is -3.07. The van der Waals surface area contributed by atoms with Gasteiger partial charge in [0.1, 0.15) is 5.82 Å². The van der Waals surface area contributed by atoms with E-state index >= 15 is 0 Å². The van der Waals surface area contributed by atoms with Crippen LogP contribution in [0.3, 0.4) is 0 Å². The fraction of sp³-hybridized carbons (Fsp3) is 0.190. The zero-order valence-electron chi connectivity index (χ0n) is 17.6. The van der Waals surface area contributed by atoms with Crippen molar-refractivity contribution in [2.24, 2.45) is 0 Å². The fourth-order valence-corrected chi connectivity index (χ4v) is 3.01. The first kappa shape index (κ1) is 21.9. The van der Waals surface area contributed by atoms with Crippen LogP contribution in [-0.4, -0.2) is 51.1 Å². The van der Waals surface area contributed by atoms with Crippen molar-refractivity contribution in [3.63, 3.8) is 0 Å². The lowest BCUT2D eigenvalue weighted by Gasteiger charge is -2.08. The van der Waals surface area contributed by atoms with Gasteiger partial charge in [0.05, 0.1) is 32.2 Å². The summed E-state index contributed by atoms with van der Waals surface area (Å²) in [7, 11) is 3.05. The van der Waals surface area contributed by atoms with Crippen molar-refractivity contribution in [2.45, 2.75) is 13.0 Å². The topological polar surface area (TPSA) is 116 Å². The van der Waals surface area contributed by atoms with Crippen LogP contribution in [-0.2, 0) is 11.3 Å². The maximum atomic E-state index is 12.3. The molecule has 0 aliphatic carbocycles. The summed E-state index contributed by atoms with van der Waals surface area (Å²) >= 11 is 0. The molecule has 10 nitrogen and oxygen atoms in total. The molecule has 4 heterocycles. The highest BCUT2D eigenvalue weighted by Gasteiger charge is 2.15. The second-order valence-electron chi connectivity index (χ2n) is 6.74. The summed E-state index contributed by atoms with van der Waals surface area (Å²) in [5.74, 6) is 0.435. The molecule has 1 amide bonds. The number of fused-ring (bicyclic) bond motifs is 1. The first-order valence-corrected chi connectivity index (χ1v) is 9.70. The van der Waals surface area contributed by atoms with Crippen LogP contribution in [0.1, 0.15) is 5.69 Å². The van der Waals surface area contributed by atoms with Crippen molar-refractivity contribution >= 4 is 23.2 Å². The van der Waals surface area contributed by atoms with E-state index in [4.69, 9.17) is 9.47 Å². The van der Waals surface area contributed by atoms with Crippen LogP contribution in [0.15, 0.2) is 48.8 Å². The third kappa shape index (κ3) is 4.95. The molecule has 33 heavy (non-hydrogen) atoms. The van der Waals surface area contributed by atoms with Crippen molar-refractivity contribution in [3.8, 4) is 22.9 Å². The second kappa shape index (κ2) is 9.42. The van der Waals surface area contributed by atoms with Gasteiger partial charge in [0, 0.05) is 24.0 Å². The van der Waals surface area contributed by atoms with Gasteiger partial charge in [-0.15, -0.1) is 5.10 Å². The number of carbonyl (C=O) groups excluding carboxylic acids is 1. The van der Waals surface area contributed by atoms with E-state index in [2.05, 4.69) is 30.7 Å². The SMILES string of the molecule is COc1cc(-c2ccn3nc(Nc4cccc(CNC(=O)C(F)F)n4)cc3n2)cnc1OC. The Bertz CT molecular complexity index is 1300. The van der Waals surface area contributed by atoms with E-state index in [-0.39, 0.29) is 6.54 Å². The number of carbonyl (C=O) groups is 1. The largest absolute Gasteiger partial charge is 0.491 e. The number of anilines is 2. The standard InChI is InChI=1S/C21H19F2N7O3/c1-32-15-8-12(10-25-21(15)33-2)14-6-7-30-18(27-14)9-17(29-30)28-16-5-3-4-13(26-16)11-24-20(31)19(22)23/h3-10,19H,11H2,1-2H3,(H,24,31)(H,26,28,29). The molecule has 4 rings (SSSR count). The van der Waals surface area contributed by atoms with Gasteiger partial charge in [0.15, 0.2) is 17.2 Å². The van der Waals surface area contributed by atoms with Gasteiger partial charge < -0.3 is 20.1 Å². The molecule has 2 N–H and O–H groups in total. The summed E-state index contributed by atoms with van der Waals surface area (Å²) in [6, 6.07) is 10.3. The molecule has 0 fully saturated rings. The number of alkyl halides is 2. The van der Waals surface area contributed by atoms with Crippen molar-refractivity contribution < 1.29 is 23.0 Å². The number of hydrogen-bond donors (Lipinski definition) is 2. The highest BCUT2D eigenvalue weighted by atomic mass is 19.3. The Morgan fingerprint density at radius 3 is 2.73 bits per heavy atom. The molecule has 0 bridgehead atoms. The highest BCUT2D eigenvalue weighted by molar-refractivity contribution is 5.79. The first-order chi connectivity index (χ1) is 16.0. The molecular weight excluding hydrogens is 436 g/mol. The quantitative estimate of drug-likeness (QED) is 0.417. The van der Waals surface area contributed by atoms with Gasteiger partial charge in [-0.05, 0) is 24.3 Å². The van der Waals surface area contributed by atoms with Crippen LogP contribution in [0.4, 0.5) is 20.4 Å². The van der Waals surface area contributed by atoms with Gasteiger partial charge >= 0.3 is 6.43 Å². The second-order valence-corrected chi connectivity index (χ2v) is 6.74. The monoisotopic (exact) mass is 455 g/mol. The summed E-state index contributed by atoms with van der Waals surface area (Å²) in [4.78, 5) is 24.2. The van der Waals surface area contributed by atoms with Gasteiger partial charge in [-0.2, -0.15) is 8.78 Å². The number of hydrogen-bond acceptors (Lipinski definition) is 8. The van der Waals surface area contributed by atoms with Crippen LogP contribution >= 0.6 is 0 Å². The molecule has 0 radical (unpaired) electrons. The van der Waals surface area contributed by atoms with Crippen LogP contribution in [0, 0.1) is 0 Å². The highest BCUT2D eigenvalue weighted by Crippen LogP contribution is 2.29. The number of rotatable bonds is 8. The van der Waals surface area contributed by atoms with Gasteiger partial charge in [-0.3, -0.25) is 4.79 Å². The Morgan fingerprint density at radius 1 is 1.12 bits per heavy atom. The first-order valence-electron chi connectivity index (χ1n) is 9.70. The molecule has 0 unspecified atom stereocenters. The zero-order chi connectivity index (χ0) is 23.4. The predicted molar refractivity (Wildman–Crippen MR) is 115 cm³/mol. The molecule has 0 atom stereocenters. The molecule has 0 aromatic carbocycles. The Hall–Kier alpha value is -4.35. The molecule has 0 saturated carbocycles. The minimum absolute atomic E-state index is 0.117. The van der Waals surface area contributed by atoms with Crippen molar-refractivity contribution in [3.05, 3.63) is 54.5 Å². The molecule has 0 aliphatic rings. The zero-order valence-corrected chi connectivity index (χ0v) is 17.6. The molecule has 4 aromatic heterocycles. The number of halogens is 2. The van der Waals surface area contributed by atoms with E-state index in [1.165, 1.54) is 14.2 Å². The fourth-order valence-electron chi connectivity index (χ4n) is 3.01. The van der Waals surface area contributed by atoms with Crippen molar-refractivity contribution in [1.29, 1.82) is 0 Å². The Balaban J connectivity index is 1.53. The minimum Gasteiger partial charge on any atom is -0.491 e. The Kier molecular flexibility index (Phi) is 6.24. The number of pyridine rings is 2. The lowest BCUT2D eigenvalue weighted by molar-refractivity contribution is -0.131. The number of methoxy groups -OCH3 is 2. The number of nitrogens with zero attached hydrogens (tertiary/aromatic N) is 5. The summed E-state index contributed by atoms with van der Waals surface area (Å²) in [6.45, 7) is -0.117. The van der Waals surface area contributed by atoms with Gasteiger partial charge in [-0.25, -0.2) is 19.5 Å². The lowest BCUT2D eigenvalue weighted by atomic mass is 10.2. The molecule has 170 valence electrons. The lowest BCUT2D eigenvalue weighted by Crippen LogP contribution is -2.29. The van der Waals surface area contributed by atoms with Crippen molar-refractivity contribution in [1.82, 2.24) is 29.9 Å². The number of nitrogens with one attached hydrogen (secondary N) is 2. The third-order valence-corrected chi connectivity index (χ3v) is 4.56. The molecule has 0 aliphatic heterocycles. The normalized spacial score (nSPS) is 10.9. The number of aromatic nitrogens is 5. The van der Waals surface area contributed by atoms with E-state index in [0.717, 1.165) is 5.56 Å². The Morgan fingerprint density at radius 2 is 1.97 bits per heavy atom. The molecular formula is C21H19F2N7O3. The summed E-state index contributed by atoms with van der Waals surface area (Å²) in [5, 5.41) is 9.57. The third-order valence-electron chi connectivity index (χ3n) is 4.56. The smallest absolute Gasteiger partial charge is 0.315 e. The van der Waals surface area contributed by atoms with Crippen LogP contribution < -0.4 is 20.1 Å². The molecule has 4 aromatic rings. The van der Waals surface area contributed by atoms with Crippen LogP contribution in [0.25, 0.3) is 16.9 Å². The average Bonchev–Trinajstić information content (AvgIpc) is 3.23. The average molecular weight is 455 g/mol. The predicted octanol–water partition coefficient (Wildman–Crippen LogP) is 2.83. The molecule has 0 spiro atoms. The summed E-state index contributed by atoms with van der Waals surface area (Å²) < 4.78 is 36.7. The van der Waals surface area contributed by atoms with E-state index in [1.54, 1.807) is 53.3 Å². The molecule has 0 saturated heterocycles. The maximum absolute atomic E-state index is 12.3. The summed E-state index contributed by atoms with van der Waals surface area (Å²) in [5.41, 5.74) is 2.40. The number of ether oxygens (including phenoxy) is 2. The Labute approximate surface area is 186 Å². The van der Waals surface area contributed by atoms with E-state index < -0.39 is 12.3 Å². The van der Waals surface area contributed by atoms with Crippen LogP contribution in [0.2, 0.25) is 0 Å². The van der Waals surface area contributed by atoms with E-state index in [1.807, 2.05) is 0 Å². The van der Waals surface area contributed by atoms with E-state index in [0.29, 0.717) is 40.3 Å².